The second kappa shape index (κ2) is 2.92. The van der Waals surface area contributed by atoms with Gasteiger partial charge in [0.1, 0.15) is 0 Å². The van der Waals surface area contributed by atoms with Crippen molar-refractivity contribution in [2.45, 2.75) is 13.8 Å². The fourth-order valence-corrected chi connectivity index (χ4v) is 3.69. The molecule has 0 bridgehead atoms. The van der Waals surface area contributed by atoms with Crippen molar-refractivity contribution in [2.75, 3.05) is 0 Å². The van der Waals surface area contributed by atoms with E-state index in [9.17, 15) is 0 Å². The monoisotopic (exact) mass is 244 g/mol. The third-order valence-corrected chi connectivity index (χ3v) is 4.86. The molecule has 0 saturated heterocycles. The Balaban J connectivity index is 2.88. The molecule has 0 radical (unpaired) electrons. The van der Waals surface area contributed by atoms with Gasteiger partial charge in [0, 0.05) is 0 Å². The molecule has 2 heteroatoms. The van der Waals surface area contributed by atoms with E-state index in [1.165, 1.54) is 19.6 Å². The van der Waals surface area contributed by atoms with Gasteiger partial charge < -0.3 is 0 Å². The average molecular weight is 244 g/mol. The predicted molar refractivity (Wildman–Crippen MR) is 55.4 cm³/mol. The van der Waals surface area contributed by atoms with E-state index < -0.39 is 0 Å². The van der Waals surface area contributed by atoms with Crippen LogP contribution in [0.5, 0.6) is 0 Å². The van der Waals surface area contributed by atoms with E-state index in [1.807, 2.05) is 6.07 Å². The first-order chi connectivity index (χ1) is 5.68. The minimum absolute atomic E-state index is 0.546. The summed E-state index contributed by atoms with van der Waals surface area (Å²) in [5, 5.41) is 2.21. The topological polar surface area (TPSA) is 0 Å². The van der Waals surface area contributed by atoms with Gasteiger partial charge in [0.2, 0.25) is 0 Å². The molecule has 0 nitrogen and oxygen atoms in total. The summed E-state index contributed by atoms with van der Waals surface area (Å²) in [5.41, 5.74) is 1.42. The maximum absolute atomic E-state index is 5.92. The van der Waals surface area contributed by atoms with Crippen LogP contribution in [0.1, 0.15) is 10.0 Å². The molecule has 62 valence electrons. The van der Waals surface area contributed by atoms with Crippen LogP contribution in [0.15, 0.2) is 18.2 Å². The maximum atomic E-state index is 5.92. The van der Waals surface area contributed by atoms with Crippen LogP contribution >= 0.6 is 11.6 Å². The van der Waals surface area contributed by atoms with Crippen LogP contribution in [0.25, 0.3) is 9.65 Å². The predicted octanol–water partition coefficient (Wildman–Crippen LogP) is 3.17. The van der Waals surface area contributed by atoms with Gasteiger partial charge in [-0.05, 0) is 0 Å². The van der Waals surface area contributed by atoms with Crippen molar-refractivity contribution < 1.29 is 0 Å². The Labute approximate surface area is 82.9 Å². The number of halogens is 1. The van der Waals surface area contributed by atoms with E-state index in [0.29, 0.717) is 14.5 Å². The van der Waals surface area contributed by atoms with Crippen molar-refractivity contribution >= 4 is 35.8 Å². The van der Waals surface area contributed by atoms with Gasteiger partial charge in [-0.3, -0.25) is 0 Å². The summed E-state index contributed by atoms with van der Waals surface area (Å²) in [7, 11) is 0. The first kappa shape index (κ1) is 8.37. The Morgan fingerprint density at radius 1 is 1.25 bits per heavy atom. The van der Waals surface area contributed by atoms with Gasteiger partial charge >= 0.3 is 82.8 Å². The van der Waals surface area contributed by atoms with Crippen molar-refractivity contribution in [3.8, 4) is 0 Å². The Morgan fingerprint density at radius 2 is 2.00 bits per heavy atom. The number of benzene rings is 1. The molecule has 0 N–H and O–H groups in total. The minimum atomic E-state index is 0.546. The van der Waals surface area contributed by atoms with Gasteiger partial charge in [-0.1, -0.05) is 0 Å². The first-order valence-corrected chi connectivity index (χ1v) is 5.93. The molecule has 0 atom stereocenters. The van der Waals surface area contributed by atoms with Crippen molar-refractivity contribution in [3.05, 3.63) is 33.2 Å². The molecule has 0 spiro atoms. The Morgan fingerprint density at radius 3 is 2.75 bits per heavy atom. The average Bonchev–Trinajstić information content (AvgIpc) is 2.31. The van der Waals surface area contributed by atoms with Crippen molar-refractivity contribution in [1.29, 1.82) is 0 Å². The molecule has 0 aliphatic rings. The molecule has 1 aromatic carbocycles. The number of fused-ring (bicyclic) bond motifs is 1. The molecule has 0 unspecified atom stereocenters. The van der Waals surface area contributed by atoms with Crippen LogP contribution in [-0.2, 0) is 0 Å². The van der Waals surface area contributed by atoms with Gasteiger partial charge in [-0.2, -0.15) is 0 Å². The van der Waals surface area contributed by atoms with Gasteiger partial charge in [0.15, 0.2) is 0 Å². The van der Waals surface area contributed by atoms with Crippen molar-refractivity contribution in [3.63, 3.8) is 0 Å². The van der Waals surface area contributed by atoms with Crippen LogP contribution in [0, 0.1) is 13.8 Å². The molecule has 0 aliphatic heterocycles. The normalized spacial score (nSPS) is 10.9. The van der Waals surface area contributed by atoms with E-state index in [0.717, 1.165) is 5.02 Å². The number of aryl methyl sites for hydroxylation is 2. The Bertz CT molecular complexity index is 429. The van der Waals surface area contributed by atoms with Gasteiger partial charge in [0.05, 0.1) is 0 Å². The summed E-state index contributed by atoms with van der Waals surface area (Å²) in [6.45, 7) is 4.39. The third kappa shape index (κ3) is 1.22. The fraction of sp³-hybridized carbons (Fsp3) is 0.200. The zero-order valence-electron chi connectivity index (χ0n) is 7.02. The van der Waals surface area contributed by atoms with Gasteiger partial charge in [-0.15, -0.1) is 0 Å². The molecule has 0 amide bonds. The molecule has 0 fully saturated rings. The first-order valence-electron chi connectivity index (χ1n) is 3.84. The zero-order valence-corrected chi connectivity index (χ0v) is 9.49. The molecular weight excluding hydrogens is 235 g/mol. The summed E-state index contributed by atoms with van der Waals surface area (Å²) in [6.07, 6.45) is 0. The van der Waals surface area contributed by atoms with Crippen LogP contribution in [-0.4, -0.2) is 14.5 Å². The van der Waals surface area contributed by atoms with E-state index in [1.54, 1.807) is 0 Å². The molecular formula is C10H9ClSe. The summed E-state index contributed by atoms with van der Waals surface area (Å²) >= 11 is 6.47. The molecule has 2 aromatic rings. The number of hydrogen-bond acceptors (Lipinski definition) is 0. The van der Waals surface area contributed by atoms with Crippen molar-refractivity contribution in [1.82, 2.24) is 0 Å². The fourth-order valence-electron chi connectivity index (χ4n) is 1.32. The Kier molecular flexibility index (Phi) is 2.04. The Hall–Kier alpha value is -0.231. The van der Waals surface area contributed by atoms with Crippen LogP contribution in [0.4, 0.5) is 0 Å². The molecule has 0 aliphatic carbocycles. The molecule has 0 saturated carbocycles. The summed E-state index contributed by atoms with van der Waals surface area (Å²) in [4.78, 5) is 0. The molecule has 2 rings (SSSR count). The van der Waals surface area contributed by atoms with E-state index >= 15 is 0 Å². The van der Waals surface area contributed by atoms with Crippen LogP contribution in [0.3, 0.4) is 0 Å². The SMILES string of the molecule is Cc1[se]c2ccc(Cl)cc2c1C. The van der Waals surface area contributed by atoms with E-state index in [-0.39, 0.29) is 0 Å². The summed E-state index contributed by atoms with van der Waals surface area (Å²) < 4.78 is 3.00. The van der Waals surface area contributed by atoms with Gasteiger partial charge in [0.25, 0.3) is 0 Å². The van der Waals surface area contributed by atoms with Gasteiger partial charge in [-0.25, -0.2) is 0 Å². The van der Waals surface area contributed by atoms with E-state index in [4.69, 9.17) is 11.6 Å². The number of rotatable bonds is 0. The zero-order chi connectivity index (χ0) is 8.72. The van der Waals surface area contributed by atoms with E-state index in [2.05, 4.69) is 26.0 Å². The second-order valence-corrected chi connectivity index (χ2v) is 6.00. The second-order valence-electron chi connectivity index (χ2n) is 2.92. The van der Waals surface area contributed by atoms with Crippen LogP contribution < -0.4 is 0 Å². The summed E-state index contributed by atoms with van der Waals surface area (Å²) in [5.74, 6) is 0. The number of hydrogen-bond donors (Lipinski definition) is 0. The molecule has 12 heavy (non-hydrogen) atoms. The quantitative estimate of drug-likeness (QED) is 0.624. The van der Waals surface area contributed by atoms with Crippen molar-refractivity contribution in [2.24, 2.45) is 0 Å². The van der Waals surface area contributed by atoms with Crippen LogP contribution in [0.2, 0.25) is 5.02 Å². The molecule has 1 aromatic heterocycles. The standard InChI is InChI=1S/C10H9ClSe/c1-6-7(2)12-10-4-3-8(11)5-9(6)10/h3-5H,1-2H3. The summed E-state index contributed by atoms with van der Waals surface area (Å²) in [6, 6.07) is 6.20. The molecule has 1 heterocycles. The third-order valence-electron chi connectivity index (χ3n) is 2.14.